The second-order valence-electron chi connectivity index (χ2n) is 6.66. The number of carbonyl (C=O) groups excluding carboxylic acids is 1. The van der Waals surface area contributed by atoms with E-state index in [9.17, 15) is 14.0 Å². The summed E-state index contributed by atoms with van der Waals surface area (Å²) in [5.74, 6) is -0.283. The van der Waals surface area contributed by atoms with Crippen molar-refractivity contribution in [3.8, 4) is 5.75 Å². The highest BCUT2D eigenvalue weighted by Crippen LogP contribution is 2.19. The lowest BCUT2D eigenvalue weighted by Crippen LogP contribution is -2.31. The summed E-state index contributed by atoms with van der Waals surface area (Å²) in [6.45, 7) is 2.54. The minimum absolute atomic E-state index is 0.131. The second kappa shape index (κ2) is 9.54. The fraction of sp³-hybridized carbons (Fsp3) is 0.227. The Balaban J connectivity index is 1.81. The number of amides is 1. The molecule has 1 heterocycles. The molecule has 1 amide bonds. The van der Waals surface area contributed by atoms with Crippen LogP contribution in [0.1, 0.15) is 24.7 Å². The Morgan fingerprint density at radius 3 is 2.80 bits per heavy atom. The van der Waals surface area contributed by atoms with E-state index in [2.05, 4.69) is 9.97 Å². The first-order valence-corrected chi connectivity index (χ1v) is 9.78. The Labute approximate surface area is 178 Å². The third kappa shape index (κ3) is 5.04. The van der Waals surface area contributed by atoms with Crippen molar-refractivity contribution < 1.29 is 13.9 Å². The van der Waals surface area contributed by atoms with E-state index in [0.717, 1.165) is 6.42 Å². The molecule has 3 rings (SSSR count). The first-order chi connectivity index (χ1) is 14.4. The van der Waals surface area contributed by atoms with Crippen molar-refractivity contribution >= 4 is 34.5 Å². The van der Waals surface area contributed by atoms with Gasteiger partial charge in [0.05, 0.1) is 24.6 Å². The summed E-state index contributed by atoms with van der Waals surface area (Å²) < 4.78 is 18.7. The van der Waals surface area contributed by atoms with Crippen molar-refractivity contribution in [3.05, 3.63) is 75.1 Å². The molecule has 8 heteroatoms. The van der Waals surface area contributed by atoms with Crippen molar-refractivity contribution in [2.24, 2.45) is 0 Å². The third-order valence-corrected chi connectivity index (χ3v) is 4.69. The lowest BCUT2D eigenvalue weighted by molar-refractivity contribution is -0.126. The van der Waals surface area contributed by atoms with E-state index in [0.29, 0.717) is 33.9 Å². The van der Waals surface area contributed by atoms with Crippen molar-refractivity contribution in [3.63, 3.8) is 0 Å². The number of halogens is 2. The molecule has 156 valence electrons. The number of H-pyrrole nitrogens is 1. The van der Waals surface area contributed by atoms with Gasteiger partial charge in [0.1, 0.15) is 5.82 Å². The molecule has 3 aromatic rings. The van der Waals surface area contributed by atoms with E-state index in [1.54, 1.807) is 29.2 Å². The van der Waals surface area contributed by atoms with Crippen molar-refractivity contribution in [1.29, 1.82) is 0 Å². The van der Waals surface area contributed by atoms with Gasteiger partial charge in [-0.15, -0.1) is 0 Å². The maximum atomic E-state index is 13.8. The van der Waals surface area contributed by atoms with Crippen LogP contribution in [0.4, 0.5) is 4.39 Å². The molecule has 1 N–H and O–H groups in total. The monoisotopic (exact) mass is 429 g/mol. The molecule has 0 radical (unpaired) electrons. The number of hydrogen-bond donors (Lipinski definition) is 1. The van der Waals surface area contributed by atoms with Gasteiger partial charge in [-0.1, -0.05) is 24.6 Å². The van der Waals surface area contributed by atoms with Gasteiger partial charge in [0.15, 0.2) is 11.6 Å². The summed E-state index contributed by atoms with van der Waals surface area (Å²) in [6, 6.07) is 9.29. The first-order valence-electron chi connectivity index (χ1n) is 9.40. The van der Waals surface area contributed by atoms with Crippen molar-refractivity contribution in [2.45, 2.75) is 19.9 Å². The molecule has 0 unspecified atom stereocenters. The van der Waals surface area contributed by atoms with E-state index in [-0.39, 0.29) is 23.8 Å². The molecule has 0 atom stereocenters. The summed E-state index contributed by atoms with van der Waals surface area (Å²) in [6.07, 6.45) is 3.62. The normalized spacial score (nSPS) is 11.2. The zero-order valence-electron chi connectivity index (χ0n) is 16.6. The predicted molar refractivity (Wildman–Crippen MR) is 115 cm³/mol. The lowest BCUT2D eigenvalue weighted by Gasteiger charge is -2.20. The SMILES string of the molecule is CCCN(Cc1nc2cc(Cl)ccc2c(=O)[nH]1)C(=O)/C=C/c1ccc(OC)c(F)c1. The van der Waals surface area contributed by atoms with Crippen LogP contribution < -0.4 is 10.3 Å². The minimum atomic E-state index is -0.505. The summed E-state index contributed by atoms with van der Waals surface area (Å²) in [5.41, 5.74) is 0.708. The molecule has 0 fully saturated rings. The molecule has 0 bridgehead atoms. The Morgan fingerprint density at radius 2 is 2.10 bits per heavy atom. The van der Waals surface area contributed by atoms with Crippen LogP contribution in [0.3, 0.4) is 0 Å². The van der Waals surface area contributed by atoms with Gasteiger partial charge < -0.3 is 14.6 Å². The number of carbonyl (C=O) groups is 1. The fourth-order valence-electron chi connectivity index (χ4n) is 3.01. The fourth-order valence-corrected chi connectivity index (χ4v) is 3.18. The molecule has 0 spiro atoms. The topological polar surface area (TPSA) is 75.3 Å². The molecule has 0 saturated carbocycles. The molecule has 30 heavy (non-hydrogen) atoms. The van der Waals surface area contributed by atoms with Crippen LogP contribution in [-0.2, 0) is 11.3 Å². The third-order valence-electron chi connectivity index (χ3n) is 4.46. The summed E-state index contributed by atoms with van der Waals surface area (Å²) in [7, 11) is 1.39. The van der Waals surface area contributed by atoms with Gasteiger partial charge in [-0.2, -0.15) is 0 Å². The van der Waals surface area contributed by atoms with Gasteiger partial charge in [-0.25, -0.2) is 9.37 Å². The van der Waals surface area contributed by atoms with Crippen molar-refractivity contribution in [1.82, 2.24) is 14.9 Å². The van der Waals surface area contributed by atoms with Gasteiger partial charge in [0.25, 0.3) is 5.56 Å². The quantitative estimate of drug-likeness (QED) is 0.572. The molecule has 0 aliphatic carbocycles. The van der Waals surface area contributed by atoms with Gasteiger partial charge in [0, 0.05) is 17.6 Å². The summed E-state index contributed by atoms with van der Waals surface area (Å²) >= 11 is 6.00. The Hall–Kier alpha value is -3.19. The zero-order chi connectivity index (χ0) is 21.7. The van der Waals surface area contributed by atoms with E-state index in [1.165, 1.54) is 31.4 Å². The molecule has 0 aliphatic rings. The molecule has 2 aromatic carbocycles. The molecule has 1 aromatic heterocycles. The number of nitrogens with one attached hydrogen (secondary N) is 1. The number of rotatable bonds is 7. The number of ether oxygens (including phenoxy) is 1. The van der Waals surface area contributed by atoms with Crippen LogP contribution in [0.15, 0.2) is 47.3 Å². The first kappa shape index (κ1) is 21.5. The largest absolute Gasteiger partial charge is 0.494 e. The van der Waals surface area contributed by atoms with Crippen LogP contribution in [0.5, 0.6) is 5.75 Å². The minimum Gasteiger partial charge on any atom is -0.494 e. The Morgan fingerprint density at radius 1 is 1.30 bits per heavy atom. The van der Waals surface area contributed by atoms with Gasteiger partial charge in [-0.05, 0) is 48.4 Å². The van der Waals surface area contributed by atoms with Crippen LogP contribution >= 0.6 is 11.6 Å². The average molecular weight is 430 g/mol. The molecular weight excluding hydrogens is 409 g/mol. The molecule has 0 saturated heterocycles. The maximum Gasteiger partial charge on any atom is 0.258 e. The maximum absolute atomic E-state index is 13.8. The van der Waals surface area contributed by atoms with Gasteiger partial charge in [0.2, 0.25) is 5.91 Å². The number of nitrogens with zero attached hydrogens (tertiary/aromatic N) is 2. The Kier molecular flexibility index (Phi) is 6.84. The standard InChI is InChI=1S/C22H21ClFN3O3/c1-3-10-27(21(28)9-5-14-4-8-19(30-2)17(24)11-14)13-20-25-18-12-15(23)6-7-16(18)22(29)26-20/h4-9,11-12H,3,10,13H2,1-2H3,(H,25,26,29)/b9-5+. The predicted octanol–water partition coefficient (Wildman–Crippen LogP) is 4.18. The zero-order valence-corrected chi connectivity index (χ0v) is 17.4. The summed E-state index contributed by atoms with van der Waals surface area (Å²) in [5, 5.41) is 0.903. The second-order valence-corrected chi connectivity index (χ2v) is 7.10. The van der Waals surface area contributed by atoms with Crippen LogP contribution in [0, 0.1) is 5.82 Å². The number of methoxy groups -OCH3 is 1. The smallest absolute Gasteiger partial charge is 0.258 e. The Bertz CT molecular complexity index is 1160. The number of fused-ring (bicyclic) bond motifs is 1. The van der Waals surface area contributed by atoms with Gasteiger partial charge >= 0.3 is 0 Å². The molecule has 0 aliphatic heterocycles. The van der Waals surface area contributed by atoms with Crippen LogP contribution in [0.2, 0.25) is 5.02 Å². The van der Waals surface area contributed by atoms with Crippen LogP contribution in [-0.4, -0.2) is 34.4 Å². The lowest BCUT2D eigenvalue weighted by atomic mass is 10.2. The van der Waals surface area contributed by atoms with Crippen LogP contribution in [0.25, 0.3) is 17.0 Å². The number of hydrogen-bond acceptors (Lipinski definition) is 4. The average Bonchev–Trinajstić information content (AvgIpc) is 2.71. The van der Waals surface area contributed by atoms with E-state index >= 15 is 0 Å². The van der Waals surface area contributed by atoms with E-state index in [1.807, 2.05) is 6.92 Å². The molecular formula is C22H21ClFN3O3. The van der Waals surface area contributed by atoms with Gasteiger partial charge in [-0.3, -0.25) is 9.59 Å². The number of benzene rings is 2. The highest BCUT2D eigenvalue weighted by Gasteiger charge is 2.13. The number of aromatic amines is 1. The van der Waals surface area contributed by atoms with Crippen molar-refractivity contribution in [2.75, 3.05) is 13.7 Å². The van der Waals surface area contributed by atoms with E-state index < -0.39 is 5.82 Å². The highest BCUT2D eigenvalue weighted by molar-refractivity contribution is 6.31. The summed E-state index contributed by atoms with van der Waals surface area (Å²) in [4.78, 5) is 33.7. The van der Waals surface area contributed by atoms with E-state index in [4.69, 9.17) is 16.3 Å². The number of aromatic nitrogens is 2. The molecule has 6 nitrogen and oxygen atoms in total. The highest BCUT2D eigenvalue weighted by atomic mass is 35.5.